The van der Waals surface area contributed by atoms with Crippen LogP contribution in [-0.2, 0) is 49.9 Å². The average molecular weight is 707 g/mol. The predicted octanol–water partition coefficient (Wildman–Crippen LogP) is 3.56. The third-order valence-corrected chi connectivity index (χ3v) is 9.21. The Morgan fingerprint density at radius 3 is 2.04 bits per heavy atom. The van der Waals surface area contributed by atoms with Gasteiger partial charge in [-0.2, -0.15) is 4.31 Å². The first kappa shape index (κ1) is 40.2. The first-order valence-electron chi connectivity index (χ1n) is 16.5. The lowest BCUT2D eigenvalue weighted by Gasteiger charge is -2.33. The second-order valence-corrected chi connectivity index (χ2v) is 13.3. The van der Waals surface area contributed by atoms with E-state index in [4.69, 9.17) is 44.4 Å². The molecule has 0 aromatic heterocycles. The summed E-state index contributed by atoms with van der Waals surface area (Å²) in [6.45, 7) is 7.66. The zero-order valence-corrected chi connectivity index (χ0v) is 29.5. The van der Waals surface area contributed by atoms with E-state index in [-0.39, 0.29) is 18.0 Å². The van der Waals surface area contributed by atoms with Crippen molar-refractivity contribution < 1.29 is 51.2 Å². The Morgan fingerprint density at radius 1 is 0.898 bits per heavy atom. The van der Waals surface area contributed by atoms with Crippen molar-refractivity contribution in [2.24, 2.45) is 5.92 Å². The maximum Gasteiger partial charge on any atom is 0.262 e. The summed E-state index contributed by atoms with van der Waals surface area (Å²) in [5.41, 5.74) is 3.13. The lowest BCUT2D eigenvalue weighted by molar-refractivity contribution is -0.202. The fraction of sp³-hybridized carbons (Fsp3) is 0.571. The summed E-state index contributed by atoms with van der Waals surface area (Å²) < 4.78 is 67.5. The minimum atomic E-state index is -4.15. The molecular weight excluding hydrogens is 656 g/mol. The molecule has 1 saturated heterocycles. The predicted molar refractivity (Wildman–Crippen MR) is 181 cm³/mol. The number of hydrogen-bond donors (Lipinski definition) is 1. The van der Waals surface area contributed by atoms with Crippen LogP contribution in [0.1, 0.15) is 38.7 Å². The number of nitrogens with one attached hydrogen (secondary N) is 1. The molecule has 0 radical (unpaired) electrons. The van der Waals surface area contributed by atoms with Crippen LogP contribution in [0.15, 0.2) is 53.4 Å². The quantitative estimate of drug-likeness (QED) is 0.0974. The van der Waals surface area contributed by atoms with E-state index in [9.17, 15) is 13.2 Å². The normalized spacial score (nSPS) is 15.6. The van der Waals surface area contributed by atoms with Crippen LogP contribution in [0.3, 0.4) is 0 Å². The summed E-state index contributed by atoms with van der Waals surface area (Å²) in [5, 5.41) is 0. The number of terminal acetylenes is 1. The van der Waals surface area contributed by atoms with Crippen molar-refractivity contribution in [2.75, 3.05) is 73.2 Å². The van der Waals surface area contributed by atoms with Gasteiger partial charge in [0.25, 0.3) is 5.91 Å². The Kier molecular flexibility index (Phi) is 18.4. The molecule has 0 aliphatic carbocycles. The topological polar surface area (TPSA) is 140 Å². The average Bonchev–Trinajstić information content (AvgIpc) is 3.11. The molecule has 1 N–H and O–H groups in total. The molecule has 3 rings (SSSR count). The van der Waals surface area contributed by atoms with Gasteiger partial charge in [-0.1, -0.05) is 31.9 Å². The molecule has 1 unspecified atom stereocenters. The summed E-state index contributed by atoms with van der Waals surface area (Å²) in [4.78, 5) is 19.1. The van der Waals surface area contributed by atoms with Gasteiger partial charge < -0.3 is 33.2 Å². The Hall–Kier alpha value is -3.26. The SMILES string of the molecule is C#CCOCCOCCOCCOCCOc1ccc(CN([C@@H](C(=O)NOC2CCCCO2)C(C)C)S(=O)(=O)c2ccc(OC)cc2)cc1. The lowest BCUT2D eigenvalue weighted by atomic mass is 10.0. The molecule has 0 spiro atoms. The summed E-state index contributed by atoms with van der Waals surface area (Å²) >= 11 is 0. The van der Waals surface area contributed by atoms with Gasteiger partial charge in [-0.25, -0.2) is 18.7 Å². The summed E-state index contributed by atoms with van der Waals surface area (Å²) in [6, 6.07) is 12.0. The highest BCUT2D eigenvalue weighted by Gasteiger charge is 2.38. The number of benzene rings is 2. The van der Waals surface area contributed by atoms with Gasteiger partial charge in [-0.3, -0.25) is 4.79 Å². The molecule has 49 heavy (non-hydrogen) atoms. The number of amides is 1. The molecule has 2 atom stereocenters. The van der Waals surface area contributed by atoms with E-state index in [2.05, 4.69) is 11.4 Å². The molecule has 1 aliphatic heterocycles. The van der Waals surface area contributed by atoms with Crippen molar-refractivity contribution in [3.05, 3.63) is 54.1 Å². The van der Waals surface area contributed by atoms with Crippen LogP contribution in [0, 0.1) is 18.3 Å². The molecule has 1 amide bonds. The third-order valence-electron chi connectivity index (χ3n) is 7.36. The van der Waals surface area contributed by atoms with E-state index in [1.807, 2.05) is 0 Å². The first-order chi connectivity index (χ1) is 23.8. The number of hydrogen-bond acceptors (Lipinski definition) is 11. The van der Waals surface area contributed by atoms with Crippen molar-refractivity contribution in [1.29, 1.82) is 0 Å². The van der Waals surface area contributed by atoms with Crippen LogP contribution >= 0.6 is 0 Å². The molecule has 1 aliphatic rings. The second kappa shape index (κ2) is 22.5. The van der Waals surface area contributed by atoms with Gasteiger partial charge in [0.05, 0.1) is 58.3 Å². The molecule has 14 heteroatoms. The number of carbonyl (C=O) groups is 1. The highest BCUT2D eigenvalue weighted by atomic mass is 32.2. The maximum atomic E-state index is 14.1. The molecule has 0 saturated carbocycles. The zero-order valence-electron chi connectivity index (χ0n) is 28.7. The molecule has 2 aromatic carbocycles. The van der Waals surface area contributed by atoms with Crippen molar-refractivity contribution in [2.45, 2.75) is 56.9 Å². The Bertz CT molecular complexity index is 1360. The molecule has 2 aromatic rings. The van der Waals surface area contributed by atoms with Gasteiger partial charge in [0, 0.05) is 19.6 Å². The monoisotopic (exact) mass is 706 g/mol. The highest BCUT2D eigenvalue weighted by molar-refractivity contribution is 7.89. The molecule has 1 heterocycles. The van der Waals surface area contributed by atoms with E-state index in [0.29, 0.717) is 82.9 Å². The Morgan fingerprint density at radius 2 is 1.49 bits per heavy atom. The highest BCUT2D eigenvalue weighted by Crippen LogP contribution is 2.27. The second-order valence-electron chi connectivity index (χ2n) is 11.4. The first-order valence-corrected chi connectivity index (χ1v) is 17.9. The number of methoxy groups -OCH3 is 1. The maximum absolute atomic E-state index is 14.1. The number of rotatable bonds is 24. The standard InChI is InChI=1S/C35H50N2O11S/c1-5-17-42-19-20-43-21-22-44-23-24-45-25-26-46-31-11-9-29(10-12-31)27-37(49(39,40)32-15-13-30(41-4)14-16-32)34(28(2)3)35(38)36-48-33-8-6-7-18-47-33/h1,9-16,28,33-34H,6-8,17-27H2,2-4H3,(H,36,38)/t33?,34-/m1/s1. The largest absolute Gasteiger partial charge is 0.497 e. The lowest BCUT2D eigenvalue weighted by Crippen LogP contribution is -2.52. The summed E-state index contributed by atoms with van der Waals surface area (Å²) in [7, 11) is -2.65. The fourth-order valence-corrected chi connectivity index (χ4v) is 6.56. The molecule has 272 valence electrons. The van der Waals surface area contributed by atoms with Gasteiger partial charge in [0.1, 0.15) is 30.8 Å². The van der Waals surface area contributed by atoms with Crippen LogP contribution in [0.25, 0.3) is 0 Å². The van der Waals surface area contributed by atoms with Gasteiger partial charge in [-0.15, -0.1) is 6.42 Å². The molecule has 13 nitrogen and oxygen atoms in total. The number of ether oxygens (including phenoxy) is 7. The van der Waals surface area contributed by atoms with Crippen LogP contribution in [0.5, 0.6) is 11.5 Å². The van der Waals surface area contributed by atoms with Gasteiger partial charge in [0.15, 0.2) is 6.29 Å². The Balaban J connectivity index is 1.55. The number of hydroxylamine groups is 1. The van der Waals surface area contributed by atoms with Crippen LogP contribution in [0.4, 0.5) is 0 Å². The van der Waals surface area contributed by atoms with Gasteiger partial charge >= 0.3 is 0 Å². The third kappa shape index (κ3) is 14.2. The van der Waals surface area contributed by atoms with Gasteiger partial charge in [-0.05, 0) is 60.7 Å². The van der Waals surface area contributed by atoms with Crippen molar-refractivity contribution >= 4 is 15.9 Å². The fourth-order valence-electron chi connectivity index (χ4n) is 4.85. The van der Waals surface area contributed by atoms with Crippen molar-refractivity contribution in [3.63, 3.8) is 0 Å². The zero-order chi connectivity index (χ0) is 35.3. The van der Waals surface area contributed by atoms with Crippen LogP contribution < -0.4 is 15.0 Å². The molecular formula is C35H50N2O11S. The van der Waals surface area contributed by atoms with E-state index >= 15 is 0 Å². The number of sulfonamides is 1. The minimum Gasteiger partial charge on any atom is -0.497 e. The van der Waals surface area contributed by atoms with Crippen LogP contribution in [-0.4, -0.2) is 104 Å². The van der Waals surface area contributed by atoms with Crippen molar-refractivity contribution in [3.8, 4) is 23.8 Å². The summed E-state index contributed by atoms with van der Waals surface area (Å²) in [6.07, 6.45) is 7.00. The summed E-state index contributed by atoms with van der Waals surface area (Å²) in [5.74, 6) is 2.52. The molecule has 1 fully saturated rings. The van der Waals surface area contributed by atoms with E-state index in [1.54, 1.807) is 50.2 Å². The van der Waals surface area contributed by atoms with Crippen molar-refractivity contribution in [1.82, 2.24) is 9.79 Å². The Labute approximate surface area is 290 Å². The van der Waals surface area contributed by atoms with E-state index < -0.39 is 34.2 Å². The van der Waals surface area contributed by atoms with Gasteiger partial charge in [0.2, 0.25) is 10.0 Å². The van der Waals surface area contributed by atoms with E-state index in [1.165, 1.54) is 23.5 Å². The number of carbonyl (C=O) groups excluding carboxylic acids is 1. The number of nitrogens with zero attached hydrogens (tertiary/aromatic N) is 1. The van der Waals surface area contributed by atoms with E-state index in [0.717, 1.165) is 12.8 Å². The van der Waals surface area contributed by atoms with Crippen LogP contribution in [0.2, 0.25) is 0 Å². The minimum absolute atomic E-state index is 0.0316. The molecule has 0 bridgehead atoms. The smallest absolute Gasteiger partial charge is 0.262 e.